The summed E-state index contributed by atoms with van der Waals surface area (Å²) in [7, 11) is 0. The van der Waals surface area contributed by atoms with Gasteiger partial charge in [0.25, 0.3) is 0 Å². The van der Waals surface area contributed by atoms with Crippen molar-refractivity contribution in [1.82, 2.24) is 9.80 Å². The fourth-order valence-electron chi connectivity index (χ4n) is 6.00. The van der Waals surface area contributed by atoms with Crippen LogP contribution in [-0.2, 0) is 23.9 Å². The van der Waals surface area contributed by atoms with Gasteiger partial charge in [0.1, 0.15) is 11.6 Å². The highest BCUT2D eigenvalue weighted by Gasteiger charge is 2.75. The summed E-state index contributed by atoms with van der Waals surface area (Å²) in [4.78, 5) is 44.5. The van der Waals surface area contributed by atoms with Gasteiger partial charge >= 0.3 is 5.97 Å². The van der Waals surface area contributed by atoms with Crippen LogP contribution in [0.15, 0.2) is 25.3 Å². The van der Waals surface area contributed by atoms with Crippen LogP contribution >= 0.6 is 0 Å². The van der Waals surface area contributed by atoms with Crippen LogP contribution < -0.4 is 0 Å². The first-order valence-corrected chi connectivity index (χ1v) is 12.9. The second-order valence-electron chi connectivity index (χ2n) is 10.9. The topological polar surface area (TPSA) is 96.4 Å². The van der Waals surface area contributed by atoms with E-state index >= 15 is 0 Å². The molecule has 5 atom stereocenters. The maximum atomic E-state index is 14.1. The Morgan fingerprint density at radius 2 is 1.94 bits per heavy atom. The molecule has 3 aliphatic heterocycles. The lowest BCUT2D eigenvalue weighted by Gasteiger charge is -2.42. The Kier molecular flexibility index (Phi) is 8.81. The van der Waals surface area contributed by atoms with Gasteiger partial charge in [-0.3, -0.25) is 14.4 Å². The number of aliphatic hydroxyl groups excluding tert-OH is 1. The van der Waals surface area contributed by atoms with Gasteiger partial charge in [0.05, 0.1) is 24.5 Å². The minimum Gasteiger partial charge on any atom is -0.465 e. The highest BCUT2D eigenvalue weighted by atomic mass is 16.6. The van der Waals surface area contributed by atoms with E-state index in [9.17, 15) is 14.4 Å². The quantitative estimate of drug-likeness (QED) is 0.242. The van der Waals surface area contributed by atoms with E-state index in [1.807, 2.05) is 20.8 Å². The zero-order valence-electron chi connectivity index (χ0n) is 21.5. The third kappa shape index (κ3) is 5.19. The van der Waals surface area contributed by atoms with E-state index in [4.69, 9.17) is 14.6 Å². The third-order valence-corrected chi connectivity index (χ3v) is 7.57. The molecule has 3 saturated heterocycles. The molecule has 8 nitrogen and oxygen atoms in total. The number of rotatable bonds is 13. The average Bonchev–Trinajstić information content (AvgIpc) is 3.44. The van der Waals surface area contributed by atoms with E-state index in [-0.39, 0.29) is 25.0 Å². The standard InChI is InChI=1S/C27H42N2O6/c1-6-8-18-34-25(33)20-19-13-14-27(35-19)21(20)23(31)28(16-11-9-10-12-17-30)22(27)24(32)29(15-7-2)26(3,4)5/h6-7,19-22,30H,1-2,8-18H2,3-5H3/t19-,20+,21+,22?,27?/m1/s1. The van der Waals surface area contributed by atoms with E-state index in [1.165, 1.54) is 0 Å². The van der Waals surface area contributed by atoms with Crippen LogP contribution in [0.5, 0.6) is 0 Å². The molecule has 2 amide bonds. The van der Waals surface area contributed by atoms with Gasteiger partial charge in [-0.15, -0.1) is 13.2 Å². The molecule has 1 N–H and O–H groups in total. The van der Waals surface area contributed by atoms with Gasteiger partial charge < -0.3 is 24.4 Å². The van der Waals surface area contributed by atoms with Crippen molar-refractivity contribution >= 4 is 17.8 Å². The van der Waals surface area contributed by atoms with E-state index in [0.29, 0.717) is 45.2 Å². The maximum absolute atomic E-state index is 14.1. The van der Waals surface area contributed by atoms with Crippen LogP contribution in [0.1, 0.15) is 65.7 Å². The van der Waals surface area contributed by atoms with Gasteiger partial charge in [-0.2, -0.15) is 0 Å². The number of aliphatic hydroxyl groups is 1. The lowest BCUT2D eigenvalue weighted by atomic mass is 9.70. The predicted molar refractivity (Wildman–Crippen MR) is 132 cm³/mol. The summed E-state index contributed by atoms with van der Waals surface area (Å²) < 4.78 is 11.9. The van der Waals surface area contributed by atoms with Gasteiger partial charge in [-0.05, 0) is 52.9 Å². The Balaban J connectivity index is 1.93. The van der Waals surface area contributed by atoms with Crippen molar-refractivity contribution in [3.05, 3.63) is 25.3 Å². The van der Waals surface area contributed by atoms with Crippen LogP contribution in [0.3, 0.4) is 0 Å². The summed E-state index contributed by atoms with van der Waals surface area (Å²) in [6.45, 7) is 14.5. The number of nitrogens with zero attached hydrogens (tertiary/aromatic N) is 2. The van der Waals surface area contributed by atoms with Crippen molar-refractivity contribution in [1.29, 1.82) is 0 Å². The van der Waals surface area contributed by atoms with Gasteiger partial charge in [0.2, 0.25) is 11.8 Å². The van der Waals surface area contributed by atoms with Crippen molar-refractivity contribution in [2.24, 2.45) is 11.8 Å². The number of hydrogen-bond acceptors (Lipinski definition) is 6. The molecular weight excluding hydrogens is 448 g/mol. The largest absolute Gasteiger partial charge is 0.465 e. The molecule has 3 heterocycles. The zero-order chi connectivity index (χ0) is 25.8. The molecule has 0 aliphatic carbocycles. The number of unbranched alkanes of at least 4 members (excludes halogenated alkanes) is 3. The predicted octanol–water partition coefficient (Wildman–Crippen LogP) is 2.85. The Bertz CT molecular complexity index is 821. The lowest BCUT2D eigenvalue weighted by Crippen LogP contribution is -2.59. The number of fused-ring (bicyclic) bond motifs is 1. The lowest BCUT2D eigenvalue weighted by molar-refractivity contribution is -0.155. The fraction of sp³-hybridized carbons (Fsp3) is 0.741. The van der Waals surface area contributed by atoms with Crippen molar-refractivity contribution < 1.29 is 29.0 Å². The molecule has 8 heteroatoms. The van der Waals surface area contributed by atoms with E-state index in [1.54, 1.807) is 22.0 Å². The zero-order valence-corrected chi connectivity index (χ0v) is 21.5. The van der Waals surface area contributed by atoms with Crippen LogP contribution in [0, 0.1) is 11.8 Å². The number of carbonyl (C=O) groups excluding carboxylic acids is 3. The number of likely N-dealkylation sites (tertiary alicyclic amines) is 1. The van der Waals surface area contributed by atoms with E-state index in [2.05, 4.69) is 13.2 Å². The van der Waals surface area contributed by atoms with Crippen LogP contribution in [0.4, 0.5) is 0 Å². The van der Waals surface area contributed by atoms with Gasteiger partial charge in [-0.1, -0.05) is 25.0 Å². The van der Waals surface area contributed by atoms with Crippen molar-refractivity contribution in [3.8, 4) is 0 Å². The summed E-state index contributed by atoms with van der Waals surface area (Å²) in [5, 5.41) is 9.07. The molecule has 35 heavy (non-hydrogen) atoms. The molecule has 196 valence electrons. The molecule has 0 aromatic rings. The number of amides is 2. The minimum absolute atomic E-state index is 0.141. The Hall–Kier alpha value is -2.19. The van der Waals surface area contributed by atoms with Crippen LogP contribution in [-0.4, -0.2) is 82.3 Å². The van der Waals surface area contributed by atoms with E-state index < -0.39 is 41.1 Å². The Labute approximate surface area is 209 Å². The molecule has 0 aromatic carbocycles. The maximum Gasteiger partial charge on any atom is 0.312 e. The summed E-state index contributed by atoms with van der Waals surface area (Å²) >= 11 is 0. The molecule has 0 radical (unpaired) electrons. The average molecular weight is 491 g/mol. The summed E-state index contributed by atoms with van der Waals surface area (Å²) in [5.74, 6) is -2.19. The second kappa shape index (κ2) is 11.2. The smallest absolute Gasteiger partial charge is 0.312 e. The highest BCUT2D eigenvalue weighted by Crippen LogP contribution is 2.59. The van der Waals surface area contributed by atoms with Gasteiger partial charge in [0.15, 0.2) is 0 Å². The number of hydrogen-bond donors (Lipinski definition) is 1. The van der Waals surface area contributed by atoms with E-state index in [0.717, 1.165) is 12.8 Å². The highest BCUT2D eigenvalue weighted by molar-refractivity contribution is 5.98. The summed E-state index contributed by atoms with van der Waals surface area (Å²) in [6, 6.07) is -0.784. The Morgan fingerprint density at radius 1 is 1.23 bits per heavy atom. The molecule has 1 spiro atoms. The van der Waals surface area contributed by atoms with Crippen molar-refractivity contribution in [3.63, 3.8) is 0 Å². The first-order chi connectivity index (χ1) is 16.6. The minimum atomic E-state index is -1.02. The normalized spacial score (nSPS) is 29.3. The molecule has 2 unspecified atom stereocenters. The van der Waals surface area contributed by atoms with Crippen molar-refractivity contribution in [2.75, 3.05) is 26.3 Å². The van der Waals surface area contributed by atoms with Crippen molar-refractivity contribution in [2.45, 2.75) is 89.0 Å². The Morgan fingerprint density at radius 3 is 2.57 bits per heavy atom. The first kappa shape index (κ1) is 27.4. The number of carbonyl (C=O) groups is 3. The monoisotopic (exact) mass is 490 g/mol. The molecule has 3 rings (SSSR count). The number of esters is 1. The van der Waals surface area contributed by atoms with Crippen LogP contribution in [0.25, 0.3) is 0 Å². The molecule has 3 fully saturated rings. The summed E-state index contributed by atoms with van der Waals surface area (Å²) in [6.07, 6.45) is 7.81. The first-order valence-electron chi connectivity index (χ1n) is 12.9. The van der Waals surface area contributed by atoms with Crippen LogP contribution in [0.2, 0.25) is 0 Å². The SMILES string of the molecule is C=CCCOC(=O)[C@@H]1[C@H]2C(=O)N(CCCCCCO)C(C(=O)N(CC=C)C(C)(C)C)C23CC[C@H]1O3. The fourth-order valence-corrected chi connectivity index (χ4v) is 6.00. The molecular formula is C27H42N2O6. The molecule has 0 saturated carbocycles. The molecule has 0 aromatic heterocycles. The summed E-state index contributed by atoms with van der Waals surface area (Å²) in [5.41, 5.74) is -1.49. The molecule has 3 aliphatic rings. The second-order valence-corrected chi connectivity index (χ2v) is 10.9. The van der Waals surface area contributed by atoms with Gasteiger partial charge in [0, 0.05) is 25.2 Å². The third-order valence-electron chi connectivity index (χ3n) is 7.57. The molecule has 2 bridgehead atoms. The van der Waals surface area contributed by atoms with Gasteiger partial charge in [-0.25, -0.2) is 0 Å². The number of ether oxygens (including phenoxy) is 2.